The second-order valence-corrected chi connectivity index (χ2v) is 6.81. The van der Waals surface area contributed by atoms with Gasteiger partial charge in [-0.2, -0.15) is 0 Å². The summed E-state index contributed by atoms with van der Waals surface area (Å²) in [6.07, 6.45) is 5.35. The van der Waals surface area contributed by atoms with Crippen LogP contribution in [0.4, 0.5) is 0 Å². The molecule has 3 heterocycles. The molecule has 0 amide bonds. The van der Waals surface area contributed by atoms with Crippen molar-refractivity contribution in [3.05, 3.63) is 23.9 Å². The fourth-order valence-electron chi connectivity index (χ4n) is 4.10. The molecule has 22 heavy (non-hydrogen) atoms. The van der Waals surface area contributed by atoms with Gasteiger partial charge in [-0.25, -0.2) is 4.98 Å². The third-order valence-electron chi connectivity index (χ3n) is 5.51. The number of aliphatic hydroxyl groups is 1. The maximum Gasteiger partial charge on any atom is 0.212 e. The molecule has 0 bridgehead atoms. The van der Waals surface area contributed by atoms with Crippen LogP contribution >= 0.6 is 0 Å². The van der Waals surface area contributed by atoms with Gasteiger partial charge < -0.3 is 14.7 Å². The van der Waals surface area contributed by atoms with Crippen LogP contribution in [-0.4, -0.2) is 66.3 Å². The number of fused-ring (bicyclic) bond motifs is 1. The molecule has 1 aromatic heterocycles. The van der Waals surface area contributed by atoms with E-state index in [4.69, 9.17) is 4.74 Å². The van der Waals surface area contributed by atoms with E-state index in [9.17, 15) is 5.11 Å². The highest BCUT2D eigenvalue weighted by Gasteiger charge is 2.46. The number of likely N-dealkylation sites (tertiary alicyclic amines) is 2. The number of methoxy groups -OCH3 is 1. The fourth-order valence-corrected chi connectivity index (χ4v) is 4.10. The number of aromatic nitrogens is 1. The van der Waals surface area contributed by atoms with E-state index in [1.54, 1.807) is 7.11 Å². The zero-order chi connectivity index (χ0) is 15.6. The van der Waals surface area contributed by atoms with E-state index in [1.807, 2.05) is 12.3 Å². The van der Waals surface area contributed by atoms with Gasteiger partial charge in [0.15, 0.2) is 0 Å². The van der Waals surface area contributed by atoms with Gasteiger partial charge in [-0.3, -0.25) is 4.90 Å². The molecule has 122 valence electrons. The molecule has 1 N–H and O–H groups in total. The number of aliphatic hydroxyl groups excluding tert-OH is 1. The first-order valence-corrected chi connectivity index (χ1v) is 8.19. The van der Waals surface area contributed by atoms with Crippen LogP contribution in [0.1, 0.15) is 24.8 Å². The summed E-state index contributed by atoms with van der Waals surface area (Å²) in [6.45, 7) is 4.47. The molecule has 0 saturated carbocycles. The molecule has 0 radical (unpaired) electrons. The summed E-state index contributed by atoms with van der Waals surface area (Å²) in [5, 5.41) is 9.96. The average Bonchev–Trinajstić information content (AvgIpc) is 2.56. The first kappa shape index (κ1) is 15.7. The normalized spacial score (nSPS) is 30.0. The molecule has 3 rings (SSSR count). The smallest absolute Gasteiger partial charge is 0.212 e. The molecule has 2 fully saturated rings. The van der Waals surface area contributed by atoms with E-state index >= 15 is 0 Å². The molecule has 0 aliphatic carbocycles. The first-order valence-electron chi connectivity index (χ1n) is 8.19. The molecule has 2 atom stereocenters. The zero-order valence-corrected chi connectivity index (χ0v) is 13.7. The second-order valence-electron chi connectivity index (χ2n) is 6.81. The van der Waals surface area contributed by atoms with Crippen LogP contribution in [0.2, 0.25) is 0 Å². The maximum atomic E-state index is 9.96. The third kappa shape index (κ3) is 2.98. The quantitative estimate of drug-likeness (QED) is 0.910. The second kappa shape index (κ2) is 6.52. The molecular formula is C17H27N3O2. The molecule has 2 aliphatic rings. The van der Waals surface area contributed by atoms with Crippen molar-refractivity contribution in [2.75, 3.05) is 40.4 Å². The summed E-state index contributed by atoms with van der Waals surface area (Å²) in [5.41, 5.74) is 1.33. The summed E-state index contributed by atoms with van der Waals surface area (Å²) < 4.78 is 5.11. The van der Waals surface area contributed by atoms with E-state index in [2.05, 4.69) is 27.9 Å². The van der Waals surface area contributed by atoms with Gasteiger partial charge in [-0.05, 0) is 45.0 Å². The summed E-state index contributed by atoms with van der Waals surface area (Å²) >= 11 is 0. The van der Waals surface area contributed by atoms with Crippen molar-refractivity contribution in [2.45, 2.75) is 31.8 Å². The Labute approximate surface area is 132 Å². The lowest BCUT2D eigenvalue weighted by Gasteiger charge is -2.53. The Bertz CT molecular complexity index is 493. The average molecular weight is 305 g/mol. The lowest BCUT2D eigenvalue weighted by atomic mass is 9.69. The Hall–Kier alpha value is -1.17. The van der Waals surface area contributed by atoms with Crippen molar-refractivity contribution < 1.29 is 9.84 Å². The number of rotatable bonds is 4. The van der Waals surface area contributed by atoms with E-state index in [1.165, 1.54) is 12.0 Å². The van der Waals surface area contributed by atoms with Crippen molar-refractivity contribution in [2.24, 2.45) is 5.41 Å². The van der Waals surface area contributed by atoms with Gasteiger partial charge in [0.1, 0.15) is 0 Å². The Morgan fingerprint density at radius 3 is 2.91 bits per heavy atom. The van der Waals surface area contributed by atoms with Crippen LogP contribution in [0.15, 0.2) is 18.3 Å². The molecule has 2 saturated heterocycles. The van der Waals surface area contributed by atoms with Crippen LogP contribution < -0.4 is 4.74 Å². The Morgan fingerprint density at radius 2 is 2.23 bits per heavy atom. The van der Waals surface area contributed by atoms with Crippen LogP contribution in [0.5, 0.6) is 5.88 Å². The van der Waals surface area contributed by atoms with Crippen molar-refractivity contribution in [1.82, 2.24) is 14.8 Å². The van der Waals surface area contributed by atoms with Crippen LogP contribution in [0, 0.1) is 5.41 Å². The summed E-state index contributed by atoms with van der Waals surface area (Å²) in [6, 6.07) is 4.47. The number of ether oxygens (including phenoxy) is 1. The number of piperidine rings is 2. The van der Waals surface area contributed by atoms with E-state index in [0.717, 1.165) is 39.0 Å². The minimum Gasteiger partial charge on any atom is -0.481 e. The topological polar surface area (TPSA) is 48.8 Å². The summed E-state index contributed by atoms with van der Waals surface area (Å²) in [4.78, 5) is 9.22. The molecule has 0 spiro atoms. The van der Waals surface area contributed by atoms with E-state index < -0.39 is 0 Å². The lowest BCUT2D eigenvalue weighted by Crippen LogP contribution is -2.61. The zero-order valence-electron chi connectivity index (χ0n) is 13.7. The first-order chi connectivity index (χ1) is 10.7. The molecule has 5 heteroatoms. The minimum atomic E-state index is 0.113. The van der Waals surface area contributed by atoms with Gasteiger partial charge in [0.25, 0.3) is 0 Å². The number of pyridine rings is 1. The third-order valence-corrected chi connectivity index (χ3v) is 5.51. The number of nitrogens with zero attached hydrogens (tertiary/aromatic N) is 3. The molecular weight excluding hydrogens is 278 g/mol. The Kier molecular flexibility index (Phi) is 4.66. The molecule has 2 aliphatic heterocycles. The highest BCUT2D eigenvalue weighted by molar-refractivity contribution is 5.18. The molecule has 0 unspecified atom stereocenters. The van der Waals surface area contributed by atoms with Crippen molar-refractivity contribution >= 4 is 0 Å². The number of likely N-dealkylation sites (N-methyl/N-ethyl adjacent to an activating group) is 1. The van der Waals surface area contributed by atoms with Crippen molar-refractivity contribution in [3.8, 4) is 5.88 Å². The highest BCUT2D eigenvalue weighted by atomic mass is 16.5. The van der Waals surface area contributed by atoms with Crippen LogP contribution in [0.25, 0.3) is 0 Å². The predicted molar refractivity (Wildman–Crippen MR) is 85.9 cm³/mol. The molecule has 5 nitrogen and oxygen atoms in total. The standard InChI is InChI=1S/C17H27N3O2/c1-19-8-3-6-17(13-21)7-9-20(12-15(17)19)11-14-4-5-16(22-2)18-10-14/h4-5,10,15,21H,3,6-9,11-13H2,1-2H3/t15-,17-/m1/s1. The van der Waals surface area contributed by atoms with Crippen molar-refractivity contribution in [3.63, 3.8) is 0 Å². The van der Waals surface area contributed by atoms with E-state index in [0.29, 0.717) is 18.5 Å². The largest absolute Gasteiger partial charge is 0.481 e. The Balaban J connectivity index is 1.67. The van der Waals surface area contributed by atoms with Crippen LogP contribution in [-0.2, 0) is 6.54 Å². The summed E-state index contributed by atoms with van der Waals surface area (Å²) in [5.74, 6) is 0.661. The molecule has 0 aromatic carbocycles. The fraction of sp³-hybridized carbons (Fsp3) is 0.706. The highest BCUT2D eigenvalue weighted by Crippen LogP contribution is 2.41. The lowest BCUT2D eigenvalue weighted by molar-refractivity contribution is -0.0684. The van der Waals surface area contributed by atoms with Gasteiger partial charge in [-0.15, -0.1) is 0 Å². The number of hydrogen-bond acceptors (Lipinski definition) is 5. The van der Waals surface area contributed by atoms with Crippen molar-refractivity contribution in [1.29, 1.82) is 0 Å². The summed E-state index contributed by atoms with van der Waals surface area (Å²) in [7, 11) is 3.84. The van der Waals surface area contributed by atoms with Gasteiger partial charge in [0, 0.05) is 36.8 Å². The number of hydrogen-bond donors (Lipinski definition) is 1. The van der Waals surface area contributed by atoms with Gasteiger partial charge in [-0.1, -0.05) is 6.07 Å². The van der Waals surface area contributed by atoms with Crippen LogP contribution in [0.3, 0.4) is 0 Å². The monoisotopic (exact) mass is 305 g/mol. The Morgan fingerprint density at radius 1 is 1.36 bits per heavy atom. The predicted octanol–water partition coefficient (Wildman–Crippen LogP) is 1.37. The van der Waals surface area contributed by atoms with Gasteiger partial charge in [0.05, 0.1) is 13.7 Å². The maximum absolute atomic E-state index is 9.96. The molecule has 1 aromatic rings. The SMILES string of the molecule is COc1ccc(CN2CC[C@@]3(CO)CCCN(C)[C@@H]3C2)cn1. The minimum absolute atomic E-state index is 0.113. The van der Waals surface area contributed by atoms with E-state index in [-0.39, 0.29) is 5.41 Å². The van der Waals surface area contributed by atoms with Gasteiger partial charge in [0.2, 0.25) is 5.88 Å². The van der Waals surface area contributed by atoms with Gasteiger partial charge >= 0.3 is 0 Å².